The quantitative estimate of drug-likeness (QED) is 0.493. The summed E-state index contributed by atoms with van der Waals surface area (Å²) in [6.45, 7) is 7.88. The second-order valence-electron chi connectivity index (χ2n) is 9.12. The zero-order chi connectivity index (χ0) is 25.5. The first-order valence-corrected chi connectivity index (χ1v) is 13.0. The highest BCUT2D eigenvalue weighted by Crippen LogP contribution is 2.47. The van der Waals surface area contributed by atoms with Gasteiger partial charge >= 0.3 is 6.09 Å². The van der Waals surface area contributed by atoms with Gasteiger partial charge in [-0.15, -0.1) is 11.8 Å². The number of ether oxygens (including phenoxy) is 2. The number of likely N-dealkylation sites (N-methyl/N-ethyl adjacent to an activating group) is 1. The fraction of sp³-hybridized carbons (Fsp3) is 0.481. The molecule has 1 aliphatic rings. The first-order chi connectivity index (χ1) is 16.7. The third-order valence-electron chi connectivity index (χ3n) is 6.15. The third kappa shape index (κ3) is 6.70. The number of carbonyl (C=O) groups is 2. The summed E-state index contributed by atoms with van der Waals surface area (Å²) in [5, 5.41) is 2.39. The molecule has 35 heavy (non-hydrogen) atoms. The normalized spacial score (nSPS) is 17.7. The predicted octanol–water partition coefficient (Wildman–Crippen LogP) is 4.95. The molecule has 1 heterocycles. The minimum absolute atomic E-state index is 0.215. The predicted molar refractivity (Wildman–Crippen MR) is 142 cm³/mol. The maximum absolute atomic E-state index is 14.1. The summed E-state index contributed by atoms with van der Waals surface area (Å²) in [6, 6.07) is 11.8. The van der Waals surface area contributed by atoms with Crippen LogP contribution >= 0.6 is 11.8 Å². The zero-order valence-electron chi connectivity index (χ0n) is 21.6. The van der Waals surface area contributed by atoms with E-state index in [1.54, 1.807) is 23.8 Å². The summed E-state index contributed by atoms with van der Waals surface area (Å²) in [7, 11) is 5.58. The molecule has 0 fully saturated rings. The van der Waals surface area contributed by atoms with Crippen LogP contribution in [0.4, 0.5) is 10.5 Å². The van der Waals surface area contributed by atoms with Crippen LogP contribution in [0, 0.1) is 13.8 Å². The second kappa shape index (κ2) is 12.3. The number of thioether (sulfide) groups is 1. The van der Waals surface area contributed by atoms with Crippen LogP contribution in [0.15, 0.2) is 41.3 Å². The molecule has 0 unspecified atom stereocenters. The number of nitrogens with one attached hydrogen (secondary N) is 1. The van der Waals surface area contributed by atoms with Crippen LogP contribution in [0.25, 0.3) is 0 Å². The SMILES string of the molecule is CCCCNC(=O)O[C@@H]1C(=O)N(CCN(C)C)c2cc(C)c(C)cc2S[C@@H]1c1ccc(OC)cc1. The van der Waals surface area contributed by atoms with E-state index in [0.29, 0.717) is 19.6 Å². The van der Waals surface area contributed by atoms with Gasteiger partial charge in [0.2, 0.25) is 0 Å². The highest BCUT2D eigenvalue weighted by atomic mass is 32.2. The number of unbranched alkanes of at least 4 members (excludes halogenated alkanes) is 1. The summed E-state index contributed by atoms with van der Waals surface area (Å²) >= 11 is 1.57. The van der Waals surface area contributed by atoms with Gasteiger partial charge in [-0.05, 0) is 75.3 Å². The number of aryl methyl sites for hydroxylation is 2. The Labute approximate surface area is 213 Å². The molecule has 190 valence electrons. The van der Waals surface area contributed by atoms with E-state index in [0.717, 1.165) is 45.9 Å². The molecule has 8 heteroatoms. The summed E-state index contributed by atoms with van der Waals surface area (Å²) in [5.74, 6) is 0.515. The third-order valence-corrected chi connectivity index (χ3v) is 7.51. The van der Waals surface area contributed by atoms with Gasteiger partial charge in [0.05, 0.1) is 18.0 Å². The molecular formula is C27H37N3O4S. The van der Waals surface area contributed by atoms with Gasteiger partial charge in [-0.2, -0.15) is 0 Å². The zero-order valence-corrected chi connectivity index (χ0v) is 22.4. The van der Waals surface area contributed by atoms with Gasteiger partial charge in [0.1, 0.15) is 5.75 Å². The van der Waals surface area contributed by atoms with Crippen molar-refractivity contribution in [2.45, 2.75) is 49.9 Å². The Balaban J connectivity index is 2.06. The molecule has 3 rings (SSSR count). The molecule has 2 amide bonds. The molecule has 7 nitrogen and oxygen atoms in total. The van der Waals surface area contributed by atoms with E-state index >= 15 is 0 Å². The number of hydrogen-bond donors (Lipinski definition) is 1. The number of hydrogen-bond acceptors (Lipinski definition) is 6. The van der Waals surface area contributed by atoms with E-state index in [9.17, 15) is 9.59 Å². The van der Waals surface area contributed by atoms with Crippen molar-refractivity contribution in [1.82, 2.24) is 10.2 Å². The number of fused-ring (bicyclic) bond motifs is 1. The number of nitrogens with zero attached hydrogens (tertiary/aromatic N) is 2. The molecule has 1 aliphatic heterocycles. The molecule has 2 aromatic carbocycles. The summed E-state index contributed by atoms with van der Waals surface area (Å²) < 4.78 is 11.2. The Hall–Kier alpha value is -2.71. The van der Waals surface area contributed by atoms with Gasteiger partial charge in [0.15, 0.2) is 6.10 Å². The van der Waals surface area contributed by atoms with Gasteiger partial charge in [-0.1, -0.05) is 25.5 Å². The average Bonchev–Trinajstić information content (AvgIpc) is 2.93. The molecule has 0 saturated heterocycles. The number of anilines is 1. The summed E-state index contributed by atoms with van der Waals surface area (Å²) in [5.41, 5.74) is 4.03. The standard InChI is InChI=1S/C27H37N3O4S/c1-7-8-13-28-27(32)34-24-25(20-9-11-21(33-6)12-10-20)35-23-17-19(3)18(2)16-22(23)30(26(24)31)15-14-29(4)5/h9-12,16-17,24-25H,7-8,13-15H2,1-6H3,(H,28,32)/t24-,25+/m0/s1. The Morgan fingerprint density at radius 1 is 1.14 bits per heavy atom. The summed E-state index contributed by atoms with van der Waals surface area (Å²) in [4.78, 5) is 31.6. The molecule has 0 radical (unpaired) electrons. The Morgan fingerprint density at radius 2 is 1.83 bits per heavy atom. The van der Waals surface area contributed by atoms with Crippen LogP contribution in [0.3, 0.4) is 0 Å². The van der Waals surface area contributed by atoms with Crippen molar-refractivity contribution in [2.24, 2.45) is 0 Å². The molecule has 0 aromatic heterocycles. The minimum Gasteiger partial charge on any atom is -0.497 e. The van der Waals surface area contributed by atoms with Crippen molar-refractivity contribution < 1.29 is 19.1 Å². The van der Waals surface area contributed by atoms with E-state index < -0.39 is 17.4 Å². The average molecular weight is 500 g/mol. The maximum Gasteiger partial charge on any atom is 0.407 e. The largest absolute Gasteiger partial charge is 0.497 e. The lowest BCUT2D eigenvalue weighted by Gasteiger charge is -2.29. The first-order valence-electron chi connectivity index (χ1n) is 12.1. The van der Waals surface area contributed by atoms with Gasteiger partial charge in [0.25, 0.3) is 5.91 Å². The molecule has 0 aliphatic carbocycles. The van der Waals surface area contributed by atoms with Gasteiger partial charge in [-0.25, -0.2) is 4.79 Å². The van der Waals surface area contributed by atoms with Gasteiger partial charge in [-0.3, -0.25) is 4.79 Å². The molecular weight excluding hydrogens is 462 g/mol. The smallest absolute Gasteiger partial charge is 0.407 e. The van der Waals surface area contributed by atoms with Crippen molar-refractivity contribution >= 4 is 29.4 Å². The lowest BCUT2D eigenvalue weighted by atomic mass is 10.0. The van der Waals surface area contributed by atoms with Crippen LogP contribution in [-0.4, -0.2) is 63.8 Å². The van der Waals surface area contributed by atoms with Crippen LogP contribution in [0.1, 0.15) is 41.7 Å². The fourth-order valence-electron chi connectivity index (χ4n) is 3.88. The second-order valence-corrected chi connectivity index (χ2v) is 10.3. The van der Waals surface area contributed by atoms with Gasteiger partial charge in [0, 0.05) is 24.5 Å². The molecule has 0 saturated carbocycles. The van der Waals surface area contributed by atoms with Crippen LogP contribution in [0.5, 0.6) is 5.75 Å². The molecule has 2 atom stereocenters. The van der Waals surface area contributed by atoms with E-state index in [2.05, 4.69) is 38.2 Å². The number of methoxy groups -OCH3 is 1. The minimum atomic E-state index is -0.981. The Bertz CT molecular complexity index is 1030. The molecule has 0 bridgehead atoms. The van der Waals surface area contributed by atoms with Gasteiger partial charge < -0.3 is 24.6 Å². The highest BCUT2D eigenvalue weighted by molar-refractivity contribution is 7.99. The lowest BCUT2D eigenvalue weighted by molar-refractivity contribution is -0.126. The van der Waals surface area contributed by atoms with E-state index in [1.165, 1.54) is 0 Å². The van der Waals surface area contributed by atoms with Crippen LogP contribution in [-0.2, 0) is 9.53 Å². The lowest BCUT2D eigenvalue weighted by Crippen LogP contribution is -2.46. The number of alkyl carbamates (subject to hydrolysis) is 1. The Kier molecular flexibility index (Phi) is 9.46. The molecule has 0 spiro atoms. The van der Waals surface area contributed by atoms with Crippen molar-refractivity contribution in [3.8, 4) is 5.75 Å². The van der Waals surface area contributed by atoms with Crippen LogP contribution in [0.2, 0.25) is 0 Å². The first kappa shape index (κ1) is 26.9. The summed E-state index contributed by atoms with van der Waals surface area (Å²) in [6.07, 6.45) is 0.259. The fourth-order valence-corrected chi connectivity index (χ4v) is 5.28. The maximum atomic E-state index is 14.1. The van der Waals surface area contributed by atoms with Crippen molar-refractivity contribution in [3.05, 3.63) is 53.1 Å². The van der Waals surface area contributed by atoms with E-state index in [1.807, 2.05) is 43.3 Å². The number of carbonyl (C=O) groups excluding carboxylic acids is 2. The van der Waals surface area contributed by atoms with Crippen molar-refractivity contribution in [1.29, 1.82) is 0 Å². The monoisotopic (exact) mass is 499 g/mol. The Morgan fingerprint density at radius 3 is 2.46 bits per heavy atom. The van der Waals surface area contributed by atoms with Crippen molar-refractivity contribution in [3.63, 3.8) is 0 Å². The topological polar surface area (TPSA) is 71.1 Å². The molecule has 2 aromatic rings. The van der Waals surface area contributed by atoms with E-state index in [4.69, 9.17) is 9.47 Å². The van der Waals surface area contributed by atoms with Crippen LogP contribution < -0.4 is 15.0 Å². The van der Waals surface area contributed by atoms with E-state index in [-0.39, 0.29) is 5.91 Å². The highest BCUT2D eigenvalue weighted by Gasteiger charge is 2.41. The molecule has 1 N–H and O–H groups in total. The van der Waals surface area contributed by atoms with Crippen molar-refractivity contribution in [2.75, 3.05) is 45.7 Å². The number of benzene rings is 2. The number of amides is 2. The number of rotatable bonds is 9.